The van der Waals surface area contributed by atoms with Crippen molar-refractivity contribution in [2.75, 3.05) is 65.9 Å². The normalized spacial score (nSPS) is 11.3. The largest absolute Gasteiger partial charge is 0.461 e. The van der Waals surface area contributed by atoms with Crippen molar-refractivity contribution in [2.24, 2.45) is 0 Å². The Morgan fingerprint density at radius 1 is 0.923 bits per heavy atom. The van der Waals surface area contributed by atoms with E-state index in [-0.39, 0.29) is 12.9 Å². The molecule has 0 rings (SSSR count). The van der Waals surface area contributed by atoms with E-state index in [0.29, 0.717) is 51.6 Å². The summed E-state index contributed by atoms with van der Waals surface area (Å²) in [7, 11) is 0. The first-order valence-corrected chi connectivity index (χ1v) is 9.54. The van der Waals surface area contributed by atoms with Crippen molar-refractivity contribution in [3.05, 3.63) is 12.2 Å². The summed E-state index contributed by atoms with van der Waals surface area (Å²) < 4.78 is 26.9. The standard InChI is InChI=1S/C19H37NO6/c1-6-20(7-2)11-13-26-19(21)17(5)16-23-15-14-22-12-10-18(24-8-3)25-9-4/h18H,5-16H2,1-4H3. The zero-order chi connectivity index (χ0) is 19.6. The smallest absolute Gasteiger partial charge is 0.335 e. The van der Waals surface area contributed by atoms with Crippen molar-refractivity contribution < 1.29 is 28.5 Å². The van der Waals surface area contributed by atoms with Crippen LogP contribution in [0.3, 0.4) is 0 Å². The maximum Gasteiger partial charge on any atom is 0.335 e. The van der Waals surface area contributed by atoms with Crippen LogP contribution in [0.25, 0.3) is 0 Å². The Kier molecular flexibility index (Phi) is 16.8. The molecule has 0 amide bonds. The molecule has 0 aliphatic rings. The van der Waals surface area contributed by atoms with E-state index in [0.717, 1.165) is 19.6 Å². The number of rotatable bonds is 18. The molecule has 0 aromatic carbocycles. The number of esters is 1. The van der Waals surface area contributed by atoms with Crippen molar-refractivity contribution in [2.45, 2.75) is 40.4 Å². The highest BCUT2D eigenvalue weighted by atomic mass is 16.7. The molecule has 154 valence electrons. The van der Waals surface area contributed by atoms with Gasteiger partial charge < -0.3 is 28.6 Å². The van der Waals surface area contributed by atoms with Crippen LogP contribution in [0.1, 0.15) is 34.1 Å². The van der Waals surface area contributed by atoms with Gasteiger partial charge in [0, 0.05) is 26.2 Å². The van der Waals surface area contributed by atoms with Crippen molar-refractivity contribution in [3.8, 4) is 0 Å². The van der Waals surface area contributed by atoms with Gasteiger partial charge in [-0.2, -0.15) is 0 Å². The average molecular weight is 376 g/mol. The highest BCUT2D eigenvalue weighted by molar-refractivity contribution is 5.87. The third-order valence-electron chi connectivity index (χ3n) is 3.68. The quantitative estimate of drug-likeness (QED) is 0.158. The second kappa shape index (κ2) is 17.4. The number of ether oxygens (including phenoxy) is 5. The van der Waals surface area contributed by atoms with Crippen LogP contribution in [0.5, 0.6) is 0 Å². The van der Waals surface area contributed by atoms with Gasteiger partial charge in [0.25, 0.3) is 0 Å². The van der Waals surface area contributed by atoms with Crippen LogP contribution >= 0.6 is 0 Å². The maximum atomic E-state index is 11.8. The molecule has 0 aliphatic heterocycles. The van der Waals surface area contributed by atoms with Gasteiger partial charge in [-0.3, -0.25) is 0 Å². The summed E-state index contributed by atoms with van der Waals surface area (Å²) in [5.74, 6) is -0.408. The summed E-state index contributed by atoms with van der Waals surface area (Å²) >= 11 is 0. The SMILES string of the molecule is C=C(COCCOCCC(OCC)OCC)C(=O)OCCN(CC)CC. The lowest BCUT2D eigenvalue weighted by Crippen LogP contribution is -2.28. The highest BCUT2D eigenvalue weighted by Crippen LogP contribution is 2.02. The van der Waals surface area contributed by atoms with Crippen LogP contribution in [0.2, 0.25) is 0 Å². The topological polar surface area (TPSA) is 66.5 Å². The van der Waals surface area contributed by atoms with Crippen LogP contribution in [-0.2, 0) is 28.5 Å². The molecule has 0 heterocycles. The first kappa shape index (κ1) is 25.0. The Balaban J connectivity index is 3.64. The minimum Gasteiger partial charge on any atom is -0.461 e. The number of hydrogen-bond donors (Lipinski definition) is 0. The van der Waals surface area contributed by atoms with Gasteiger partial charge in [-0.15, -0.1) is 0 Å². The molecule has 0 aromatic heterocycles. The van der Waals surface area contributed by atoms with Crippen molar-refractivity contribution >= 4 is 5.97 Å². The fourth-order valence-corrected chi connectivity index (χ4v) is 2.15. The first-order chi connectivity index (χ1) is 12.6. The lowest BCUT2D eigenvalue weighted by Gasteiger charge is -2.17. The van der Waals surface area contributed by atoms with Gasteiger partial charge in [-0.25, -0.2) is 4.79 Å². The zero-order valence-electron chi connectivity index (χ0n) is 17.0. The van der Waals surface area contributed by atoms with Crippen LogP contribution in [0.4, 0.5) is 0 Å². The molecule has 0 aliphatic carbocycles. The van der Waals surface area contributed by atoms with Crippen LogP contribution in [-0.4, -0.2) is 83.0 Å². The summed E-state index contributed by atoms with van der Waals surface area (Å²) in [5, 5.41) is 0. The average Bonchev–Trinajstić information content (AvgIpc) is 2.64. The fraction of sp³-hybridized carbons (Fsp3) is 0.842. The van der Waals surface area contributed by atoms with Crippen molar-refractivity contribution in [3.63, 3.8) is 0 Å². The molecule has 0 aromatic rings. The first-order valence-electron chi connectivity index (χ1n) is 9.54. The Morgan fingerprint density at radius 3 is 2.12 bits per heavy atom. The number of carbonyl (C=O) groups excluding carboxylic acids is 1. The Bertz CT molecular complexity index is 354. The van der Waals surface area contributed by atoms with E-state index in [1.165, 1.54) is 0 Å². The predicted octanol–water partition coefficient (Wildman–Crippen LogP) is 2.25. The van der Waals surface area contributed by atoms with Gasteiger partial charge in [-0.05, 0) is 26.9 Å². The van der Waals surface area contributed by atoms with E-state index in [2.05, 4.69) is 25.3 Å². The summed E-state index contributed by atoms with van der Waals surface area (Å²) in [6, 6.07) is 0. The molecule has 0 fully saturated rings. The van der Waals surface area contributed by atoms with Gasteiger partial charge >= 0.3 is 5.97 Å². The number of likely N-dealkylation sites (N-methyl/N-ethyl adjacent to an activating group) is 1. The number of nitrogens with zero attached hydrogens (tertiary/aromatic N) is 1. The Morgan fingerprint density at radius 2 is 1.54 bits per heavy atom. The molecule has 0 saturated heterocycles. The van der Waals surface area contributed by atoms with Crippen LogP contribution in [0.15, 0.2) is 12.2 Å². The van der Waals surface area contributed by atoms with E-state index in [1.807, 2.05) is 13.8 Å². The van der Waals surface area contributed by atoms with E-state index >= 15 is 0 Å². The second-order valence-electron chi connectivity index (χ2n) is 5.56. The van der Waals surface area contributed by atoms with Gasteiger partial charge in [0.05, 0.1) is 32.0 Å². The molecular formula is C19H37NO6. The monoisotopic (exact) mass is 375 g/mol. The summed E-state index contributed by atoms with van der Waals surface area (Å²) in [4.78, 5) is 14.0. The minimum atomic E-state index is -0.408. The van der Waals surface area contributed by atoms with Gasteiger partial charge in [-0.1, -0.05) is 20.4 Å². The van der Waals surface area contributed by atoms with Gasteiger partial charge in [0.2, 0.25) is 0 Å². The maximum absolute atomic E-state index is 11.8. The van der Waals surface area contributed by atoms with E-state index in [4.69, 9.17) is 23.7 Å². The van der Waals surface area contributed by atoms with E-state index < -0.39 is 5.97 Å². The van der Waals surface area contributed by atoms with Crippen LogP contribution in [0, 0.1) is 0 Å². The minimum absolute atomic E-state index is 0.147. The van der Waals surface area contributed by atoms with Crippen LogP contribution < -0.4 is 0 Å². The highest BCUT2D eigenvalue weighted by Gasteiger charge is 2.10. The molecule has 7 heteroatoms. The van der Waals surface area contributed by atoms with Crippen molar-refractivity contribution in [1.82, 2.24) is 4.90 Å². The molecule has 7 nitrogen and oxygen atoms in total. The third-order valence-corrected chi connectivity index (χ3v) is 3.68. The summed E-state index contributed by atoms with van der Waals surface area (Å²) in [6.45, 7) is 17.4. The van der Waals surface area contributed by atoms with E-state index in [9.17, 15) is 4.79 Å². The molecular weight excluding hydrogens is 338 g/mol. The molecule has 0 spiro atoms. The van der Waals surface area contributed by atoms with Gasteiger partial charge in [0.15, 0.2) is 6.29 Å². The van der Waals surface area contributed by atoms with E-state index in [1.54, 1.807) is 0 Å². The molecule has 0 radical (unpaired) electrons. The lowest BCUT2D eigenvalue weighted by atomic mass is 10.3. The number of carbonyl (C=O) groups is 1. The fourth-order valence-electron chi connectivity index (χ4n) is 2.15. The number of hydrogen-bond acceptors (Lipinski definition) is 7. The molecule has 0 atom stereocenters. The molecule has 0 N–H and O–H groups in total. The molecule has 0 saturated carbocycles. The zero-order valence-corrected chi connectivity index (χ0v) is 17.0. The second-order valence-corrected chi connectivity index (χ2v) is 5.56. The molecule has 0 unspecified atom stereocenters. The molecule has 0 bridgehead atoms. The lowest BCUT2D eigenvalue weighted by molar-refractivity contribution is -0.147. The predicted molar refractivity (Wildman–Crippen MR) is 101 cm³/mol. The Hall–Kier alpha value is -0.990. The third kappa shape index (κ3) is 13.2. The summed E-state index contributed by atoms with van der Waals surface area (Å²) in [5.41, 5.74) is 0.317. The Labute approximate surface area is 158 Å². The molecule has 26 heavy (non-hydrogen) atoms. The van der Waals surface area contributed by atoms with Gasteiger partial charge in [0.1, 0.15) is 6.61 Å². The summed E-state index contributed by atoms with van der Waals surface area (Å²) in [6.07, 6.45) is 0.449. The van der Waals surface area contributed by atoms with Crippen molar-refractivity contribution in [1.29, 1.82) is 0 Å².